The molecule has 0 saturated heterocycles. The summed E-state index contributed by atoms with van der Waals surface area (Å²) < 4.78 is 12.6. The van der Waals surface area contributed by atoms with Gasteiger partial charge in [0, 0.05) is 28.5 Å². The third-order valence-corrected chi connectivity index (χ3v) is 4.98. The molecule has 0 bridgehead atoms. The van der Waals surface area contributed by atoms with Gasteiger partial charge >= 0.3 is 0 Å². The number of hydrogen-bond donors (Lipinski definition) is 0. The number of thioether (sulfide) groups is 1. The molecule has 0 radical (unpaired) electrons. The van der Waals surface area contributed by atoms with Crippen LogP contribution < -0.4 is 4.74 Å². The zero-order valence-electron chi connectivity index (χ0n) is 14.3. The second-order valence-electron chi connectivity index (χ2n) is 5.31. The van der Waals surface area contributed by atoms with E-state index >= 15 is 0 Å². The monoisotopic (exact) mass is 409 g/mol. The summed E-state index contributed by atoms with van der Waals surface area (Å²) in [5, 5.41) is 10.7. The minimum Gasteiger partial charge on any atom is -0.495 e. The van der Waals surface area contributed by atoms with Crippen LogP contribution in [0.1, 0.15) is 0 Å². The van der Waals surface area contributed by atoms with E-state index in [-0.39, 0.29) is 0 Å². The molecule has 8 heteroatoms. The lowest BCUT2D eigenvalue weighted by molar-refractivity contribution is 0.218. The lowest BCUT2D eigenvalue weighted by atomic mass is 10.2. The van der Waals surface area contributed by atoms with Crippen molar-refractivity contribution in [3.63, 3.8) is 0 Å². The highest BCUT2D eigenvalue weighted by molar-refractivity contribution is 7.99. The maximum absolute atomic E-state index is 6.24. The lowest BCUT2D eigenvalue weighted by Gasteiger charge is -2.14. The van der Waals surface area contributed by atoms with Crippen molar-refractivity contribution in [2.75, 3.05) is 26.6 Å². The van der Waals surface area contributed by atoms with Gasteiger partial charge in [-0.25, -0.2) is 0 Å². The van der Waals surface area contributed by atoms with Crippen LogP contribution in [0.5, 0.6) is 5.75 Å². The van der Waals surface area contributed by atoms with Gasteiger partial charge < -0.3 is 9.47 Å². The second kappa shape index (κ2) is 8.77. The summed E-state index contributed by atoms with van der Waals surface area (Å²) in [5.74, 6) is 2.08. The van der Waals surface area contributed by atoms with Crippen LogP contribution in [-0.4, -0.2) is 41.3 Å². The van der Waals surface area contributed by atoms with E-state index in [1.165, 1.54) is 0 Å². The molecule has 26 heavy (non-hydrogen) atoms. The second-order valence-corrected chi connectivity index (χ2v) is 7.24. The third-order valence-electron chi connectivity index (χ3n) is 3.62. The first-order valence-corrected chi connectivity index (χ1v) is 9.55. The molecule has 0 aliphatic carbocycles. The van der Waals surface area contributed by atoms with Crippen molar-refractivity contribution in [1.29, 1.82) is 0 Å². The van der Waals surface area contributed by atoms with E-state index in [4.69, 9.17) is 32.7 Å². The molecule has 0 unspecified atom stereocenters. The van der Waals surface area contributed by atoms with Gasteiger partial charge in [-0.15, -0.1) is 10.2 Å². The van der Waals surface area contributed by atoms with Crippen LogP contribution in [-0.2, 0) is 4.74 Å². The Balaban J connectivity index is 2.17. The Kier molecular flexibility index (Phi) is 6.43. The average molecular weight is 410 g/mol. The number of rotatable bonds is 7. The van der Waals surface area contributed by atoms with Crippen molar-refractivity contribution < 1.29 is 9.47 Å². The molecule has 0 saturated carbocycles. The fraction of sp³-hybridized carbons (Fsp3) is 0.222. The summed E-state index contributed by atoms with van der Waals surface area (Å²) in [4.78, 5) is 0. The molecule has 0 atom stereocenters. The largest absolute Gasteiger partial charge is 0.495 e. The Morgan fingerprint density at radius 1 is 1.04 bits per heavy atom. The highest BCUT2D eigenvalue weighted by atomic mass is 35.5. The van der Waals surface area contributed by atoms with Gasteiger partial charge in [0.05, 0.1) is 19.4 Å². The fourth-order valence-electron chi connectivity index (χ4n) is 2.45. The molecular formula is C18H17Cl2N3O2S. The van der Waals surface area contributed by atoms with Crippen molar-refractivity contribution >= 4 is 35.0 Å². The number of halogens is 2. The molecule has 0 amide bonds. The SMILES string of the molecule is COCCSc1nnc(-c2cccc(Cl)c2)n1-c1cc(Cl)ccc1OC. The summed E-state index contributed by atoms with van der Waals surface area (Å²) in [7, 11) is 3.29. The number of methoxy groups -OCH3 is 2. The molecule has 0 aliphatic rings. The number of benzene rings is 2. The number of aromatic nitrogens is 3. The van der Waals surface area contributed by atoms with E-state index in [1.54, 1.807) is 32.0 Å². The first kappa shape index (κ1) is 19.0. The van der Waals surface area contributed by atoms with Gasteiger partial charge in [0.1, 0.15) is 5.75 Å². The van der Waals surface area contributed by atoms with Crippen LogP contribution in [0.2, 0.25) is 10.0 Å². The predicted octanol–water partition coefficient (Wildman–Crippen LogP) is 4.99. The number of hydrogen-bond acceptors (Lipinski definition) is 5. The predicted molar refractivity (Wildman–Crippen MR) is 106 cm³/mol. The summed E-state index contributed by atoms with van der Waals surface area (Å²) in [6, 6.07) is 12.9. The summed E-state index contributed by atoms with van der Waals surface area (Å²) in [6.45, 7) is 0.608. The molecule has 1 heterocycles. The summed E-state index contributed by atoms with van der Waals surface area (Å²) in [5.41, 5.74) is 1.62. The lowest BCUT2D eigenvalue weighted by Crippen LogP contribution is -2.03. The van der Waals surface area contributed by atoms with Crippen molar-refractivity contribution in [2.24, 2.45) is 0 Å². The Morgan fingerprint density at radius 2 is 1.85 bits per heavy atom. The van der Waals surface area contributed by atoms with Crippen molar-refractivity contribution in [3.05, 3.63) is 52.5 Å². The maximum atomic E-state index is 6.24. The molecule has 0 spiro atoms. The Labute approximate surface area is 166 Å². The maximum Gasteiger partial charge on any atom is 0.196 e. The van der Waals surface area contributed by atoms with Crippen LogP contribution in [0.15, 0.2) is 47.6 Å². The molecule has 0 N–H and O–H groups in total. The first-order valence-electron chi connectivity index (χ1n) is 7.81. The van der Waals surface area contributed by atoms with E-state index in [2.05, 4.69) is 10.2 Å². The van der Waals surface area contributed by atoms with Crippen LogP contribution in [0.3, 0.4) is 0 Å². The fourth-order valence-corrected chi connectivity index (χ4v) is 3.65. The van der Waals surface area contributed by atoms with Crippen molar-refractivity contribution in [2.45, 2.75) is 5.16 Å². The van der Waals surface area contributed by atoms with Gasteiger partial charge in [0.15, 0.2) is 11.0 Å². The summed E-state index contributed by atoms with van der Waals surface area (Å²) >= 11 is 13.9. The quantitative estimate of drug-likeness (QED) is 0.406. The molecular weight excluding hydrogens is 393 g/mol. The zero-order valence-corrected chi connectivity index (χ0v) is 16.6. The highest BCUT2D eigenvalue weighted by Crippen LogP contribution is 2.34. The molecule has 2 aromatic carbocycles. The van der Waals surface area contributed by atoms with Crippen molar-refractivity contribution in [3.8, 4) is 22.8 Å². The normalized spacial score (nSPS) is 10.9. The summed E-state index contributed by atoms with van der Waals surface area (Å²) in [6.07, 6.45) is 0. The van der Waals surface area contributed by atoms with Crippen molar-refractivity contribution in [1.82, 2.24) is 14.8 Å². The minimum atomic E-state index is 0.597. The van der Waals surface area contributed by atoms with E-state index < -0.39 is 0 Å². The molecule has 3 aromatic rings. The van der Waals surface area contributed by atoms with E-state index in [0.29, 0.717) is 28.2 Å². The van der Waals surface area contributed by atoms with E-state index in [9.17, 15) is 0 Å². The van der Waals surface area contributed by atoms with Gasteiger partial charge in [-0.2, -0.15) is 0 Å². The van der Waals surface area contributed by atoms with Gasteiger partial charge in [-0.3, -0.25) is 4.57 Å². The van der Waals surface area contributed by atoms with Crippen LogP contribution in [0, 0.1) is 0 Å². The minimum absolute atomic E-state index is 0.597. The molecule has 3 rings (SSSR count). The van der Waals surface area contributed by atoms with Gasteiger partial charge in [-0.1, -0.05) is 47.1 Å². The van der Waals surface area contributed by atoms with Gasteiger partial charge in [0.25, 0.3) is 0 Å². The Bertz CT molecular complexity index is 902. The smallest absolute Gasteiger partial charge is 0.196 e. The number of ether oxygens (including phenoxy) is 2. The molecule has 136 valence electrons. The molecule has 0 aliphatic heterocycles. The standard InChI is InChI=1S/C18H17Cl2N3O2S/c1-24-8-9-26-18-22-21-17(12-4-3-5-13(19)10-12)23(18)15-11-14(20)6-7-16(15)25-2/h3-7,10-11H,8-9H2,1-2H3. The van der Waals surface area contributed by atoms with Crippen LogP contribution in [0.25, 0.3) is 17.1 Å². The van der Waals surface area contributed by atoms with Crippen LogP contribution in [0.4, 0.5) is 0 Å². The highest BCUT2D eigenvalue weighted by Gasteiger charge is 2.19. The molecule has 5 nitrogen and oxygen atoms in total. The zero-order chi connectivity index (χ0) is 18.5. The third kappa shape index (κ3) is 4.15. The van der Waals surface area contributed by atoms with Gasteiger partial charge in [-0.05, 0) is 30.3 Å². The van der Waals surface area contributed by atoms with E-state index in [1.807, 2.05) is 41.0 Å². The topological polar surface area (TPSA) is 49.2 Å². The van der Waals surface area contributed by atoms with Crippen LogP contribution >= 0.6 is 35.0 Å². The van der Waals surface area contributed by atoms with E-state index in [0.717, 1.165) is 22.2 Å². The first-order chi connectivity index (χ1) is 12.6. The molecule has 0 fully saturated rings. The number of nitrogens with zero attached hydrogens (tertiary/aromatic N) is 3. The Morgan fingerprint density at radius 3 is 2.58 bits per heavy atom. The Hall–Kier alpha value is -1.73. The average Bonchev–Trinajstić information content (AvgIpc) is 3.05. The molecule has 1 aromatic heterocycles. The van der Waals surface area contributed by atoms with Gasteiger partial charge in [0.2, 0.25) is 0 Å².